The van der Waals surface area contributed by atoms with Gasteiger partial charge in [-0.1, -0.05) is 0 Å². The summed E-state index contributed by atoms with van der Waals surface area (Å²) in [6.07, 6.45) is 1.69. The van der Waals surface area contributed by atoms with Gasteiger partial charge < -0.3 is 14.5 Å². The van der Waals surface area contributed by atoms with E-state index in [1.165, 1.54) is 16.7 Å². The van der Waals surface area contributed by atoms with Crippen molar-refractivity contribution in [1.82, 2.24) is 14.6 Å². The van der Waals surface area contributed by atoms with Crippen molar-refractivity contribution in [2.24, 2.45) is 12.5 Å². The zero-order valence-corrected chi connectivity index (χ0v) is 15.2. The van der Waals surface area contributed by atoms with Crippen LogP contribution in [0.3, 0.4) is 0 Å². The first-order chi connectivity index (χ1) is 11.9. The summed E-state index contributed by atoms with van der Waals surface area (Å²) in [5.41, 5.74) is 0.596. The van der Waals surface area contributed by atoms with E-state index in [2.05, 4.69) is 10.0 Å². The first kappa shape index (κ1) is 18.1. The number of sulfonamides is 1. The molecule has 25 heavy (non-hydrogen) atoms. The zero-order chi connectivity index (χ0) is 18.1. The fourth-order valence-corrected chi connectivity index (χ4v) is 4.42. The Bertz CT molecular complexity index is 904. The predicted octanol–water partition coefficient (Wildman–Crippen LogP) is 0.426. The molecule has 8 nitrogen and oxygen atoms in total. The molecule has 2 N–H and O–H groups in total. The highest BCUT2D eigenvalue weighted by molar-refractivity contribution is 7.89. The van der Waals surface area contributed by atoms with Crippen LogP contribution < -0.4 is 15.8 Å². The Morgan fingerprint density at radius 3 is 2.76 bits per heavy atom. The van der Waals surface area contributed by atoms with E-state index in [1.54, 1.807) is 20.2 Å². The lowest BCUT2D eigenvalue weighted by Gasteiger charge is -2.37. The van der Waals surface area contributed by atoms with Crippen molar-refractivity contribution in [3.05, 3.63) is 28.7 Å². The van der Waals surface area contributed by atoms with E-state index in [0.29, 0.717) is 18.7 Å². The number of methoxy groups -OCH3 is 1. The summed E-state index contributed by atoms with van der Waals surface area (Å²) in [4.78, 5) is 11.6. The molecule has 1 aliphatic heterocycles. The van der Waals surface area contributed by atoms with Crippen LogP contribution in [0.2, 0.25) is 0 Å². The lowest BCUT2D eigenvalue weighted by Crippen LogP contribution is -2.47. The largest absolute Gasteiger partial charge is 0.419 e. The molecule has 1 aliphatic rings. The van der Waals surface area contributed by atoms with Crippen LogP contribution in [-0.4, -0.2) is 46.3 Å². The van der Waals surface area contributed by atoms with Crippen LogP contribution in [0.4, 0.5) is 0 Å². The number of hydrogen-bond donors (Lipinski definition) is 2. The van der Waals surface area contributed by atoms with E-state index in [4.69, 9.17) is 9.15 Å². The summed E-state index contributed by atoms with van der Waals surface area (Å²) in [7, 11) is -0.504. The van der Waals surface area contributed by atoms with Crippen molar-refractivity contribution in [3.63, 3.8) is 0 Å². The van der Waals surface area contributed by atoms with Gasteiger partial charge in [-0.15, -0.1) is 0 Å². The average molecular weight is 369 g/mol. The quantitative estimate of drug-likeness (QED) is 0.765. The number of benzene rings is 1. The molecule has 1 aromatic heterocycles. The summed E-state index contributed by atoms with van der Waals surface area (Å²) in [5, 5.41) is 3.28. The van der Waals surface area contributed by atoms with Gasteiger partial charge in [-0.25, -0.2) is 17.9 Å². The van der Waals surface area contributed by atoms with E-state index < -0.39 is 15.8 Å². The third-order valence-corrected chi connectivity index (χ3v) is 6.22. The van der Waals surface area contributed by atoms with Crippen molar-refractivity contribution in [2.75, 3.05) is 33.4 Å². The summed E-state index contributed by atoms with van der Waals surface area (Å²) < 4.78 is 39.7. The second-order valence-electron chi connectivity index (χ2n) is 6.56. The molecule has 0 radical (unpaired) electrons. The number of aromatic nitrogens is 1. The van der Waals surface area contributed by atoms with Crippen LogP contribution in [0.5, 0.6) is 0 Å². The molecule has 1 aromatic carbocycles. The minimum atomic E-state index is -3.71. The van der Waals surface area contributed by atoms with E-state index in [0.717, 1.165) is 25.9 Å². The first-order valence-corrected chi connectivity index (χ1v) is 9.64. The molecule has 2 aromatic rings. The van der Waals surface area contributed by atoms with Gasteiger partial charge in [-0.05, 0) is 38.1 Å². The standard InChI is InChI=1S/C16H23N3O5S/c1-19-13-4-3-12(9-14(13)24-15(19)20)25(21,22)18-10-16(11-23-2)5-7-17-8-6-16/h3-4,9,17-18H,5-8,10-11H2,1-2H3. The number of fused-ring (bicyclic) bond motifs is 1. The number of rotatable bonds is 6. The first-order valence-electron chi connectivity index (χ1n) is 8.16. The highest BCUT2D eigenvalue weighted by Gasteiger charge is 2.33. The van der Waals surface area contributed by atoms with E-state index in [9.17, 15) is 13.2 Å². The number of oxazole rings is 1. The SMILES string of the molecule is COCC1(CNS(=O)(=O)c2ccc3c(c2)oc(=O)n3C)CCNCC1. The number of piperidine rings is 1. The Hall–Kier alpha value is -1.68. The Kier molecular flexibility index (Phi) is 5.01. The summed E-state index contributed by atoms with van der Waals surface area (Å²) >= 11 is 0. The number of aryl methyl sites for hydroxylation is 1. The molecule has 1 fully saturated rings. The second kappa shape index (κ2) is 6.91. The minimum absolute atomic E-state index is 0.0795. The summed E-state index contributed by atoms with van der Waals surface area (Å²) in [5.74, 6) is -0.522. The second-order valence-corrected chi connectivity index (χ2v) is 8.33. The Balaban J connectivity index is 1.82. The molecule has 9 heteroatoms. The van der Waals surface area contributed by atoms with E-state index in [1.807, 2.05) is 0 Å². The average Bonchev–Trinajstić information content (AvgIpc) is 2.88. The van der Waals surface area contributed by atoms with Gasteiger partial charge in [0.25, 0.3) is 0 Å². The molecule has 0 aliphatic carbocycles. The molecule has 0 spiro atoms. The third-order valence-electron chi connectivity index (χ3n) is 4.83. The van der Waals surface area contributed by atoms with Crippen LogP contribution in [0.25, 0.3) is 11.1 Å². The summed E-state index contributed by atoms with van der Waals surface area (Å²) in [6, 6.07) is 4.43. The van der Waals surface area contributed by atoms with E-state index in [-0.39, 0.29) is 15.9 Å². The maximum absolute atomic E-state index is 12.7. The van der Waals surface area contributed by atoms with Gasteiger partial charge >= 0.3 is 5.76 Å². The fraction of sp³-hybridized carbons (Fsp3) is 0.562. The van der Waals surface area contributed by atoms with E-state index >= 15 is 0 Å². The Labute approximate surface area is 146 Å². The molecule has 2 heterocycles. The van der Waals surface area contributed by atoms with Crippen LogP contribution in [0.15, 0.2) is 32.3 Å². The van der Waals surface area contributed by atoms with Crippen LogP contribution in [-0.2, 0) is 21.8 Å². The Morgan fingerprint density at radius 1 is 1.36 bits per heavy atom. The van der Waals surface area contributed by atoms with Crippen LogP contribution in [0, 0.1) is 5.41 Å². The van der Waals surface area contributed by atoms with Gasteiger partial charge in [0.1, 0.15) is 0 Å². The highest BCUT2D eigenvalue weighted by atomic mass is 32.2. The molecule has 0 unspecified atom stereocenters. The van der Waals surface area contributed by atoms with Gasteiger partial charge in [0.2, 0.25) is 10.0 Å². The highest BCUT2D eigenvalue weighted by Crippen LogP contribution is 2.29. The molecular weight excluding hydrogens is 346 g/mol. The molecule has 138 valence electrons. The van der Waals surface area contributed by atoms with Crippen molar-refractivity contribution < 1.29 is 17.6 Å². The molecular formula is C16H23N3O5S. The normalized spacial score (nSPS) is 17.8. The molecule has 0 atom stereocenters. The van der Waals surface area contributed by atoms with Crippen molar-refractivity contribution >= 4 is 21.1 Å². The maximum Gasteiger partial charge on any atom is 0.419 e. The zero-order valence-electron chi connectivity index (χ0n) is 14.4. The Morgan fingerprint density at radius 2 is 2.08 bits per heavy atom. The van der Waals surface area contributed by atoms with Crippen molar-refractivity contribution in [1.29, 1.82) is 0 Å². The number of hydrogen-bond acceptors (Lipinski definition) is 6. The maximum atomic E-state index is 12.7. The predicted molar refractivity (Wildman–Crippen MR) is 93.1 cm³/mol. The van der Waals surface area contributed by atoms with Gasteiger partial charge in [0.05, 0.1) is 17.0 Å². The van der Waals surface area contributed by atoms with Gasteiger partial charge in [-0.3, -0.25) is 4.57 Å². The van der Waals surface area contributed by atoms with Gasteiger partial charge in [0.15, 0.2) is 5.58 Å². The monoisotopic (exact) mass is 369 g/mol. The van der Waals surface area contributed by atoms with Crippen molar-refractivity contribution in [3.8, 4) is 0 Å². The number of ether oxygens (including phenoxy) is 1. The summed E-state index contributed by atoms with van der Waals surface area (Å²) in [6.45, 7) is 2.49. The fourth-order valence-electron chi connectivity index (χ4n) is 3.25. The molecule has 0 saturated carbocycles. The lowest BCUT2D eigenvalue weighted by molar-refractivity contribution is 0.0577. The van der Waals surface area contributed by atoms with Gasteiger partial charge in [-0.2, -0.15) is 0 Å². The topological polar surface area (TPSA) is 103 Å². The third kappa shape index (κ3) is 3.64. The molecule has 3 rings (SSSR count). The number of nitrogens with one attached hydrogen (secondary N) is 2. The van der Waals surface area contributed by atoms with Crippen LogP contribution in [0.1, 0.15) is 12.8 Å². The molecule has 1 saturated heterocycles. The van der Waals surface area contributed by atoms with Gasteiger partial charge in [0, 0.05) is 32.2 Å². The molecule has 0 bridgehead atoms. The molecule has 0 amide bonds. The van der Waals surface area contributed by atoms with Crippen LogP contribution >= 0.6 is 0 Å². The lowest BCUT2D eigenvalue weighted by atomic mass is 9.80. The smallest absolute Gasteiger partial charge is 0.408 e. The van der Waals surface area contributed by atoms with Crippen molar-refractivity contribution in [2.45, 2.75) is 17.7 Å². The minimum Gasteiger partial charge on any atom is -0.408 e. The number of nitrogens with zero attached hydrogens (tertiary/aromatic N) is 1.